The lowest BCUT2D eigenvalue weighted by molar-refractivity contribution is 0.190. The van der Waals surface area contributed by atoms with E-state index in [2.05, 4.69) is 45.4 Å². The lowest BCUT2D eigenvalue weighted by Crippen LogP contribution is -2.37. The molecule has 1 unspecified atom stereocenters. The molecule has 23 heavy (non-hydrogen) atoms. The van der Waals surface area contributed by atoms with Crippen LogP contribution in [0, 0.1) is 0 Å². The molecule has 0 aliphatic carbocycles. The fourth-order valence-corrected chi connectivity index (χ4v) is 2.15. The molecule has 1 heterocycles. The minimum Gasteiger partial charge on any atom is -0.465 e. The summed E-state index contributed by atoms with van der Waals surface area (Å²) in [5, 5.41) is 11.0. The van der Waals surface area contributed by atoms with Crippen LogP contribution in [0.4, 0.5) is 4.79 Å². The van der Waals surface area contributed by atoms with Gasteiger partial charge in [-0.15, -0.1) is 0 Å². The number of hydrogen-bond acceptors (Lipinski definition) is 4. The van der Waals surface area contributed by atoms with Gasteiger partial charge in [-0.25, -0.2) is 4.79 Å². The summed E-state index contributed by atoms with van der Waals surface area (Å²) in [5.74, 6) is 0. The van der Waals surface area contributed by atoms with Crippen molar-refractivity contribution >= 4 is 6.09 Å². The maximum absolute atomic E-state index is 10.5. The minimum atomic E-state index is -0.988. The highest BCUT2D eigenvalue weighted by Crippen LogP contribution is 2.16. The number of nitrogens with one attached hydrogen (secondary N) is 3. The van der Waals surface area contributed by atoms with Crippen molar-refractivity contribution in [3.05, 3.63) is 54.2 Å². The molecule has 0 bridgehead atoms. The molecule has 2 rings (SSSR count). The van der Waals surface area contributed by atoms with Crippen LogP contribution in [-0.4, -0.2) is 28.8 Å². The number of pyridine rings is 1. The Morgan fingerprint density at radius 2 is 1.96 bits per heavy atom. The normalized spacial score (nSPS) is 11.9. The van der Waals surface area contributed by atoms with Gasteiger partial charge in [0, 0.05) is 30.9 Å². The first-order chi connectivity index (χ1) is 11.1. The van der Waals surface area contributed by atoms with Gasteiger partial charge in [0.25, 0.3) is 0 Å². The van der Waals surface area contributed by atoms with Crippen LogP contribution < -0.4 is 16.2 Å². The maximum Gasteiger partial charge on any atom is 0.404 e. The average molecular weight is 314 g/mol. The summed E-state index contributed by atoms with van der Waals surface area (Å²) in [6.07, 6.45) is 1.52. The molecule has 1 aromatic carbocycles. The fourth-order valence-electron chi connectivity index (χ4n) is 2.15. The van der Waals surface area contributed by atoms with E-state index in [1.54, 1.807) is 6.20 Å². The molecule has 4 N–H and O–H groups in total. The zero-order chi connectivity index (χ0) is 16.5. The SMILES string of the molecule is CC(CCNNCc1ccc(-c2ccccn2)cc1)NC(=O)O. The molecular weight excluding hydrogens is 292 g/mol. The van der Waals surface area contributed by atoms with Crippen LogP contribution in [0.15, 0.2) is 48.7 Å². The van der Waals surface area contributed by atoms with Crippen molar-refractivity contribution in [2.45, 2.75) is 25.9 Å². The Kier molecular flexibility index (Phi) is 6.53. The second kappa shape index (κ2) is 8.87. The number of rotatable bonds is 8. The number of carboxylic acid groups (broad SMARTS) is 1. The van der Waals surface area contributed by atoms with E-state index in [1.165, 1.54) is 0 Å². The highest BCUT2D eigenvalue weighted by Gasteiger charge is 2.04. The third-order valence-corrected chi connectivity index (χ3v) is 3.40. The molecule has 0 aliphatic heterocycles. The van der Waals surface area contributed by atoms with Crippen LogP contribution in [0.5, 0.6) is 0 Å². The lowest BCUT2D eigenvalue weighted by Gasteiger charge is -2.12. The van der Waals surface area contributed by atoms with E-state index in [-0.39, 0.29) is 6.04 Å². The van der Waals surface area contributed by atoms with Gasteiger partial charge in [-0.1, -0.05) is 30.3 Å². The first-order valence-corrected chi connectivity index (χ1v) is 7.60. The number of hydrazine groups is 1. The van der Waals surface area contributed by atoms with Crippen molar-refractivity contribution in [3.63, 3.8) is 0 Å². The van der Waals surface area contributed by atoms with Crippen molar-refractivity contribution in [2.75, 3.05) is 6.54 Å². The summed E-state index contributed by atoms with van der Waals surface area (Å²) in [6.45, 7) is 3.23. The number of hydrogen-bond donors (Lipinski definition) is 4. The van der Waals surface area contributed by atoms with E-state index in [9.17, 15) is 4.79 Å². The van der Waals surface area contributed by atoms with Gasteiger partial charge in [0.15, 0.2) is 0 Å². The van der Waals surface area contributed by atoms with Crippen LogP contribution in [0.3, 0.4) is 0 Å². The average Bonchev–Trinajstić information content (AvgIpc) is 2.55. The Hall–Kier alpha value is -2.44. The molecule has 0 spiro atoms. The van der Waals surface area contributed by atoms with Crippen molar-refractivity contribution in [1.29, 1.82) is 0 Å². The highest BCUT2D eigenvalue weighted by atomic mass is 16.4. The molecular formula is C17H22N4O2. The van der Waals surface area contributed by atoms with E-state index in [1.807, 2.05) is 25.1 Å². The van der Waals surface area contributed by atoms with Gasteiger partial charge in [0.1, 0.15) is 0 Å². The molecule has 6 heteroatoms. The monoisotopic (exact) mass is 314 g/mol. The van der Waals surface area contributed by atoms with Crippen LogP contribution in [0.1, 0.15) is 18.9 Å². The van der Waals surface area contributed by atoms with Gasteiger partial charge in [-0.05, 0) is 31.0 Å². The first-order valence-electron chi connectivity index (χ1n) is 7.60. The largest absolute Gasteiger partial charge is 0.465 e. The van der Waals surface area contributed by atoms with Crippen molar-refractivity contribution < 1.29 is 9.90 Å². The number of aromatic nitrogens is 1. The summed E-state index contributed by atoms with van der Waals surface area (Å²) in [7, 11) is 0. The standard InChI is InChI=1S/C17H22N4O2/c1-13(21-17(22)23)9-11-19-20-12-14-5-7-15(8-6-14)16-4-2-3-10-18-16/h2-8,10,13,19-21H,9,11-12H2,1H3,(H,22,23). The second-order valence-electron chi connectivity index (χ2n) is 5.33. The third kappa shape index (κ3) is 6.06. The van der Waals surface area contributed by atoms with Gasteiger partial charge < -0.3 is 10.4 Å². The third-order valence-electron chi connectivity index (χ3n) is 3.40. The Labute approximate surface area is 135 Å². The van der Waals surface area contributed by atoms with Crippen LogP contribution >= 0.6 is 0 Å². The summed E-state index contributed by atoms with van der Waals surface area (Å²) in [4.78, 5) is 14.8. The molecule has 0 aliphatic rings. The van der Waals surface area contributed by atoms with E-state index >= 15 is 0 Å². The zero-order valence-corrected chi connectivity index (χ0v) is 13.1. The van der Waals surface area contributed by atoms with Crippen LogP contribution in [-0.2, 0) is 6.54 Å². The predicted molar refractivity (Wildman–Crippen MR) is 89.8 cm³/mol. The predicted octanol–water partition coefficient (Wildman–Crippen LogP) is 2.39. The van der Waals surface area contributed by atoms with Gasteiger partial charge in [-0.3, -0.25) is 15.8 Å². The van der Waals surface area contributed by atoms with E-state index in [0.717, 1.165) is 23.2 Å². The maximum atomic E-state index is 10.5. The molecule has 0 fully saturated rings. The number of benzene rings is 1. The quantitative estimate of drug-likeness (QED) is 0.444. The van der Waals surface area contributed by atoms with Gasteiger partial charge in [-0.2, -0.15) is 0 Å². The molecule has 122 valence electrons. The number of amides is 1. The van der Waals surface area contributed by atoms with Crippen molar-refractivity contribution in [1.82, 2.24) is 21.2 Å². The molecule has 1 atom stereocenters. The highest BCUT2D eigenvalue weighted by molar-refractivity contribution is 5.64. The second-order valence-corrected chi connectivity index (χ2v) is 5.33. The van der Waals surface area contributed by atoms with E-state index in [0.29, 0.717) is 13.1 Å². The Bertz CT molecular complexity index is 602. The molecule has 6 nitrogen and oxygen atoms in total. The van der Waals surface area contributed by atoms with E-state index < -0.39 is 6.09 Å². The lowest BCUT2D eigenvalue weighted by atomic mass is 10.1. The van der Waals surface area contributed by atoms with Crippen LogP contribution in [0.25, 0.3) is 11.3 Å². The summed E-state index contributed by atoms with van der Waals surface area (Å²) in [5.41, 5.74) is 9.44. The molecule has 0 radical (unpaired) electrons. The number of carbonyl (C=O) groups is 1. The van der Waals surface area contributed by atoms with E-state index in [4.69, 9.17) is 5.11 Å². The summed E-state index contributed by atoms with van der Waals surface area (Å²) in [6, 6.07) is 14.0. The molecule has 0 saturated heterocycles. The smallest absolute Gasteiger partial charge is 0.404 e. The Morgan fingerprint density at radius 3 is 2.61 bits per heavy atom. The summed E-state index contributed by atoms with van der Waals surface area (Å²) >= 11 is 0. The molecule has 1 aromatic heterocycles. The Morgan fingerprint density at radius 1 is 1.17 bits per heavy atom. The molecule has 2 aromatic rings. The molecule has 0 saturated carbocycles. The Balaban J connectivity index is 1.70. The first kappa shape index (κ1) is 16.9. The summed E-state index contributed by atoms with van der Waals surface area (Å²) < 4.78 is 0. The van der Waals surface area contributed by atoms with Crippen molar-refractivity contribution in [3.8, 4) is 11.3 Å². The van der Waals surface area contributed by atoms with Gasteiger partial charge in [0.05, 0.1) is 5.69 Å². The zero-order valence-electron chi connectivity index (χ0n) is 13.1. The van der Waals surface area contributed by atoms with Crippen LogP contribution in [0.2, 0.25) is 0 Å². The topological polar surface area (TPSA) is 86.3 Å². The molecule has 1 amide bonds. The minimum absolute atomic E-state index is 0.0699. The van der Waals surface area contributed by atoms with Crippen molar-refractivity contribution in [2.24, 2.45) is 0 Å². The van der Waals surface area contributed by atoms with Gasteiger partial charge in [0.2, 0.25) is 0 Å². The number of nitrogens with zero attached hydrogens (tertiary/aromatic N) is 1. The van der Waals surface area contributed by atoms with Gasteiger partial charge >= 0.3 is 6.09 Å². The fraction of sp³-hybridized carbons (Fsp3) is 0.294.